The topological polar surface area (TPSA) is 46.5 Å². The molecule has 0 aromatic heterocycles. The van der Waals surface area contributed by atoms with E-state index in [4.69, 9.17) is 9.84 Å². The van der Waals surface area contributed by atoms with E-state index in [1.165, 1.54) is 33.4 Å². The summed E-state index contributed by atoms with van der Waals surface area (Å²) >= 11 is 0. The second-order valence-electron chi connectivity index (χ2n) is 7.12. The van der Waals surface area contributed by atoms with Gasteiger partial charge in [-0.1, -0.05) is 54.6 Å². The Morgan fingerprint density at radius 2 is 1.75 bits per heavy atom. The second kappa shape index (κ2) is 7.73. The molecule has 3 aromatic carbocycles. The molecule has 140 valence electrons. The summed E-state index contributed by atoms with van der Waals surface area (Å²) in [6, 6.07) is 22.5. The van der Waals surface area contributed by atoms with Crippen LogP contribution in [0.4, 0.5) is 0 Å². The Morgan fingerprint density at radius 1 is 1.00 bits per heavy atom. The van der Waals surface area contributed by atoms with Gasteiger partial charge < -0.3 is 9.84 Å². The number of aliphatic carboxylic acids is 1. The fourth-order valence-electron chi connectivity index (χ4n) is 3.65. The molecule has 1 N–H and O–H groups in total. The molecule has 0 aliphatic heterocycles. The minimum atomic E-state index is -0.829. The van der Waals surface area contributed by atoms with Gasteiger partial charge in [0.05, 0.1) is 6.42 Å². The summed E-state index contributed by atoms with van der Waals surface area (Å²) in [4.78, 5) is 10.7. The Balaban J connectivity index is 1.41. The lowest BCUT2D eigenvalue weighted by Crippen LogP contribution is -2.00. The molecule has 3 heteroatoms. The monoisotopic (exact) mass is 370 g/mol. The summed E-state index contributed by atoms with van der Waals surface area (Å²) < 4.78 is 5.78. The van der Waals surface area contributed by atoms with Crippen molar-refractivity contribution >= 4 is 11.5 Å². The molecule has 0 radical (unpaired) electrons. The molecule has 1 aliphatic rings. The van der Waals surface area contributed by atoms with Crippen LogP contribution in [-0.2, 0) is 17.6 Å². The summed E-state index contributed by atoms with van der Waals surface area (Å²) in [5.74, 6) is -0.0905. The minimum Gasteiger partial charge on any atom is -0.490 e. The number of fused-ring (bicyclic) bond motifs is 3. The molecule has 28 heavy (non-hydrogen) atoms. The van der Waals surface area contributed by atoms with E-state index in [1.54, 1.807) is 12.1 Å². The van der Waals surface area contributed by atoms with Gasteiger partial charge in [0, 0.05) is 0 Å². The van der Waals surface area contributed by atoms with Crippen molar-refractivity contribution in [2.24, 2.45) is 0 Å². The van der Waals surface area contributed by atoms with Gasteiger partial charge in [0.15, 0.2) is 0 Å². The number of carbonyl (C=O) groups is 1. The van der Waals surface area contributed by atoms with Gasteiger partial charge in [-0.15, -0.1) is 0 Å². The van der Waals surface area contributed by atoms with Crippen molar-refractivity contribution in [1.82, 2.24) is 0 Å². The van der Waals surface area contributed by atoms with Gasteiger partial charge in [0.1, 0.15) is 12.4 Å². The van der Waals surface area contributed by atoms with Crippen molar-refractivity contribution in [3.05, 3.63) is 95.1 Å². The van der Waals surface area contributed by atoms with Gasteiger partial charge >= 0.3 is 5.97 Å². The zero-order chi connectivity index (χ0) is 19.5. The number of benzene rings is 3. The zero-order valence-corrected chi connectivity index (χ0v) is 15.8. The molecule has 3 aromatic rings. The number of ether oxygens (including phenoxy) is 1. The average molecular weight is 370 g/mol. The molecule has 0 saturated heterocycles. The van der Waals surface area contributed by atoms with Crippen molar-refractivity contribution in [3.8, 4) is 16.9 Å². The van der Waals surface area contributed by atoms with Crippen LogP contribution in [0.1, 0.15) is 29.2 Å². The molecular formula is C25H22O3. The number of hydrogen-bond acceptors (Lipinski definition) is 2. The fourth-order valence-corrected chi connectivity index (χ4v) is 3.65. The number of allylic oxidation sites excluding steroid dienone is 1. The maximum absolute atomic E-state index is 10.7. The number of carboxylic acid groups (broad SMARTS) is 1. The summed E-state index contributed by atoms with van der Waals surface area (Å²) in [6.45, 7) is 2.57. The van der Waals surface area contributed by atoms with E-state index < -0.39 is 5.97 Å². The lowest BCUT2D eigenvalue weighted by atomic mass is 10.00. The van der Waals surface area contributed by atoms with Crippen molar-refractivity contribution in [2.75, 3.05) is 6.61 Å². The smallest absolute Gasteiger partial charge is 0.307 e. The molecule has 3 nitrogen and oxygen atoms in total. The summed E-state index contributed by atoms with van der Waals surface area (Å²) in [5.41, 5.74) is 8.62. The fraction of sp³-hybridized carbons (Fsp3) is 0.160. The first-order chi connectivity index (χ1) is 13.6. The largest absolute Gasteiger partial charge is 0.490 e. The summed E-state index contributed by atoms with van der Waals surface area (Å²) in [7, 11) is 0. The summed E-state index contributed by atoms with van der Waals surface area (Å²) in [5, 5.41) is 8.82. The van der Waals surface area contributed by atoms with Gasteiger partial charge in [-0.2, -0.15) is 0 Å². The standard InChI is InChI=1S/C25H22O3/c1-17(12-13-28-22-9-6-18(7-10-22)14-25(26)27)19-8-11-24-21(15-19)16-20-4-2-3-5-23(20)24/h2-12,15H,13-14,16H2,1H3,(H,26,27)/b17-12+. The van der Waals surface area contributed by atoms with E-state index in [-0.39, 0.29) is 6.42 Å². The molecule has 0 fully saturated rings. The highest BCUT2D eigenvalue weighted by molar-refractivity contribution is 5.79. The molecule has 0 unspecified atom stereocenters. The quantitative estimate of drug-likeness (QED) is 0.496. The van der Waals surface area contributed by atoms with Crippen molar-refractivity contribution in [3.63, 3.8) is 0 Å². The van der Waals surface area contributed by atoms with Gasteiger partial charge in [-0.25, -0.2) is 0 Å². The molecule has 0 heterocycles. The third-order valence-electron chi connectivity index (χ3n) is 5.17. The van der Waals surface area contributed by atoms with Gasteiger partial charge in [-0.3, -0.25) is 4.79 Å². The Hall–Kier alpha value is -3.33. The van der Waals surface area contributed by atoms with Gasteiger partial charge in [-0.05, 0) is 70.5 Å². The Kier molecular flexibility index (Phi) is 4.98. The Bertz CT molecular complexity index is 1050. The zero-order valence-electron chi connectivity index (χ0n) is 15.8. The first kappa shape index (κ1) is 18.1. The molecule has 1 aliphatic carbocycles. The van der Waals surface area contributed by atoms with Crippen LogP contribution in [0, 0.1) is 0 Å². The van der Waals surface area contributed by atoms with Crippen LogP contribution in [-0.4, -0.2) is 17.7 Å². The third kappa shape index (κ3) is 3.84. The van der Waals surface area contributed by atoms with E-state index in [1.807, 2.05) is 12.1 Å². The third-order valence-corrected chi connectivity index (χ3v) is 5.17. The Morgan fingerprint density at radius 3 is 2.54 bits per heavy atom. The highest BCUT2D eigenvalue weighted by Crippen LogP contribution is 2.37. The SMILES string of the molecule is C/C(=C\COc1ccc(CC(=O)O)cc1)c1ccc2c(c1)Cc1ccccc1-2. The van der Waals surface area contributed by atoms with Crippen LogP contribution >= 0.6 is 0 Å². The van der Waals surface area contributed by atoms with Crippen molar-refractivity contribution < 1.29 is 14.6 Å². The molecule has 4 rings (SSSR count). The maximum atomic E-state index is 10.7. The maximum Gasteiger partial charge on any atom is 0.307 e. The van der Waals surface area contributed by atoms with E-state index in [9.17, 15) is 4.79 Å². The minimum absolute atomic E-state index is 0.0293. The Labute approximate surface area is 164 Å². The van der Waals surface area contributed by atoms with Crippen LogP contribution in [0.3, 0.4) is 0 Å². The van der Waals surface area contributed by atoms with Crippen LogP contribution < -0.4 is 4.74 Å². The highest BCUT2D eigenvalue weighted by atomic mass is 16.5. The lowest BCUT2D eigenvalue weighted by molar-refractivity contribution is -0.136. The molecule has 0 saturated carbocycles. The molecule has 0 amide bonds. The first-order valence-electron chi connectivity index (χ1n) is 9.42. The first-order valence-corrected chi connectivity index (χ1v) is 9.42. The normalized spacial score (nSPS) is 12.4. The van der Waals surface area contributed by atoms with E-state index in [2.05, 4.69) is 55.5 Å². The second-order valence-corrected chi connectivity index (χ2v) is 7.12. The van der Waals surface area contributed by atoms with E-state index in [0.29, 0.717) is 6.61 Å². The van der Waals surface area contributed by atoms with Crippen LogP contribution in [0.2, 0.25) is 0 Å². The highest BCUT2D eigenvalue weighted by Gasteiger charge is 2.17. The molecule has 0 atom stereocenters. The van der Waals surface area contributed by atoms with Crippen molar-refractivity contribution in [1.29, 1.82) is 0 Å². The van der Waals surface area contributed by atoms with Gasteiger partial charge in [0.25, 0.3) is 0 Å². The molecule has 0 bridgehead atoms. The van der Waals surface area contributed by atoms with Gasteiger partial charge in [0.2, 0.25) is 0 Å². The van der Waals surface area contributed by atoms with Crippen LogP contribution in [0.5, 0.6) is 5.75 Å². The average Bonchev–Trinajstić information content (AvgIpc) is 3.06. The molecular weight excluding hydrogens is 348 g/mol. The summed E-state index contributed by atoms with van der Waals surface area (Å²) in [6.07, 6.45) is 3.10. The van der Waals surface area contributed by atoms with Crippen LogP contribution in [0.25, 0.3) is 16.7 Å². The number of carboxylic acids is 1. The number of hydrogen-bond donors (Lipinski definition) is 1. The van der Waals surface area contributed by atoms with Crippen LogP contribution in [0.15, 0.2) is 72.8 Å². The predicted octanol–water partition coefficient (Wildman–Crippen LogP) is 5.37. The number of rotatable bonds is 6. The molecule has 0 spiro atoms. The lowest BCUT2D eigenvalue weighted by Gasteiger charge is -2.08. The van der Waals surface area contributed by atoms with Crippen molar-refractivity contribution in [2.45, 2.75) is 19.8 Å². The van der Waals surface area contributed by atoms with E-state index >= 15 is 0 Å². The predicted molar refractivity (Wildman–Crippen MR) is 112 cm³/mol. The van der Waals surface area contributed by atoms with E-state index in [0.717, 1.165) is 17.7 Å².